The summed E-state index contributed by atoms with van der Waals surface area (Å²) < 4.78 is 15.9. The largest absolute Gasteiger partial charge is 0.469 e. The van der Waals surface area contributed by atoms with Gasteiger partial charge in [-0.25, -0.2) is 9.55 Å². The third kappa shape index (κ3) is 6.35. The van der Waals surface area contributed by atoms with Crippen LogP contribution in [0.1, 0.15) is 63.9 Å². The first-order valence-corrected chi connectivity index (χ1v) is 14.2. The van der Waals surface area contributed by atoms with Crippen LogP contribution < -0.4 is 15.5 Å². The molecule has 11 nitrogen and oxygen atoms in total. The molecule has 2 aromatic rings. The number of benzene rings is 1. The first-order chi connectivity index (χ1) is 17.7. The van der Waals surface area contributed by atoms with Crippen LogP contribution >= 0.6 is 7.82 Å². The van der Waals surface area contributed by atoms with Gasteiger partial charge in [-0.05, 0) is 62.0 Å². The molecule has 5 rings (SSSR count). The van der Waals surface area contributed by atoms with E-state index >= 15 is 0 Å². The summed E-state index contributed by atoms with van der Waals surface area (Å²) in [5.41, 5.74) is 2.82. The van der Waals surface area contributed by atoms with Gasteiger partial charge in [0.25, 0.3) is 5.91 Å². The number of phosphoric acid groups is 1. The summed E-state index contributed by atoms with van der Waals surface area (Å²) in [6.07, 6.45) is 5.14. The van der Waals surface area contributed by atoms with Gasteiger partial charge in [-0.15, -0.1) is 0 Å². The molecule has 0 radical (unpaired) electrons. The van der Waals surface area contributed by atoms with Crippen LogP contribution in [-0.4, -0.2) is 57.2 Å². The van der Waals surface area contributed by atoms with Crippen LogP contribution in [0.2, 0.25) is 0 Å². The van der Waals surface area contributed by atoms with Crippen molar-refractivity contribution in [1.82, 2.24) is 15.3 Å². The van der Waals surface area contributed by atoms with Crippen molar-refractivity contribution in [2.45, 2.75) is 57.7 Å². The van der Waals surface area contributed by atoms with Gasteiger partial charge in [0.1, 0.15) is 17.7 Å². The molecular weight excluding hydrogens is 497 g/mol. The van der Waals surface area contributed by atoms with E-state index in [0.29, 0.717) is 67.0 Å². The number of rotatable bonds is 9. The Balaban J connectivity index is 1.28. The second kappa shape index (κ2) is 10.5. The highest BCUT2D eigenvalue weighted by atomic mass is 31.2. The van der Waals surface area contributed by atoms with Crippen LogP contribution in [-0.2, 0) is 15.6 Å². The highest BCUT2D eigenvalue weighted by Gasteiger charge is 2.46. The number of fused-ring (bicyclic) bond motifs is 1. The number of hydrogen-bond donors (Lipinski definition) is 4. The molecule has 2 atom stereocenters. The third-order valence-corrected chi connectivity index (χ3v) is 8.07. The molecule has 2 saturated carbocycles. The molecule has 1 amide bonds. The van der Waals surface area contributed by atoms with Gasteiger partial charge in [-0.1, -0.05) is 18.2 Å². The molecule has 12 heteroatoms. The van der Waals surface area contributed by atoms with E-state index in [1.807, 2.05) is 19.1 Å². The number of aldehydes is 1. The minimum atomic E-state index is -4.53. The lowest BCUT2D eigenvalue weighted by Gasteiger charge is -2.29. The molecule has 2 heterocycles. The van der Waals surface area contributed by atoms with Gasteiger partial charge in [-0.3, -0.25) is 14.1 Å². The summed E-state index contributed by atoms with van der Waals surface area (Å²) in [5.74, 6) is 2.18. The Morgan fingerprint density at radius 1 is 1.22 bits per heavy atom. The van der Waals surface area contributed by atoms with E-state index < -0.39 is 13.9 Å². The molecule has 2 unspecified atom stereocenters. The fourth-order valence-electron chi connectivity index (χ4n) is 5.32. The molecule has 1 aromatic carbocycles. The number of hydrogen-bond acceptors (Lipinski definition) is 8. The van der Waals surface area contributed by atoms with Crippen molar-refractivity contribution in [3.8, 4) is 0 Å². The summed E-state index contributed by atoms with van der Waals surface area (Å²) in [6, 6.07) is 5.45. The zero-order valence-electron chi connectivity index (χ0n) is 20.7. The second-order valence-corrected chi connectivity index (χ2v) is 11.5. The topological polar surface area (TPSA) is 154 Å². The van der Waals surface area contributed by atoms with Gasteiger partial charge >= 0.3 is 7.82 Å². The fraction of sp³-hybridized carbons (Fsp3) is 0.520. The molecular formula is C25H32N5O6P. The maximum atomic E-state index is 13.2. The molecule has 1 saturated heterocycles. The average Bonchev–Trinajstić information content (AvgIpc) is 3.47. The van der Waals surface area contributed by atoms with E-state index in [-0.39, 0.29) is 11.9 Å². The van der Waals surface area contributed by atoms with E-state index in [0.717, 1.165) is 30.5 Å². The molecule has 4 N–H and O–H groups in total. The number of nitrogens with zero attached hydrogens (tertiary/aromatic N) is 3. The van der Waals surface area contributed by atoms with Gasteiger partial charge in [-0.2, -0.15) is 4.98 Å². The second-order valence-electron chi connectivity index (χ2n) is 10.3. The molecule has 1 aromatic heterocycles. The van der Waals surface area contributed by atoms with Gasteiger partial charge in [0.2, 0.25) is 5.95 Å². The van der Waals surface area contributed by atoms with Crippen LogP contribution in [0.15, 0.2) is 24.4 Å². The maximum Gasteiger partial charge on any atom is 0.469 e. The molecule has 1 aliphatic heterocycles. The molecule has 37 heavy (non-hydrogen) atoms. The monoisotopic (exact) mass is 529 g/mol. The standard InChI is InChI=1S/C25H32N5O6P/c1-15-8-16(2-3-17(15)14-31)10-26-23-22(11-27-25(29-23)30-12-18-9-19(18)13-30)24(32)28-20-4-6-21(7-5-20)36-37(33,34)35/h2-3,8,11,14,18-21H,4-7,9-10,12-13H2,1H3,(H,28,32)(H,26,27,29)(H2,33,34,35)/t18?,19?,20-,21-. The Morgan fingerprint density at radius 2 is 1.95 bits per heavy atom. The average molecular weight is 530 g/mol. The summed E-state index contributed by atoms with van der Waals surface area (Å²) in [5, 5.41) is 6.32. The van der Waals surface area contributed by atoms with Crippen LogP contribution in [0.4, 0.5) is 11.8 Å². The first kappa shape index (κ1) is 25.8. The van der Waals surface area contributed by atoms with E-state index in [9.17, 15) is 14.2 Å². The van der Waals surface area contributed by atoms with Crippen molar-refractivity contribution in [2.75, 3.05) is 23.3 Å². The van der Waals surface area contributed by atoms with Gasteiger partial charge in [0.15, 0.2) is 0 Å². The summed E-state index contributed by atoms with van der Waals surface area (Å²) in [7, 11) is -4.53. The van der Waals surface area contributed by atoms with Crippen molar-refractivity contribution in [3.63, 3.8) is 0 Å². The number of aryl methyl sites for hydroxylation is 1. The lowest BCUT2D eigenvalue weighted by molar-refractivity contribution is 0.0820. The van der Waals surface area contributed by atoms with Gasteiger partial charge in [0.05, 0.1) is 6.10 Å². The van der Waals surface area contributed by atoms with Crippen molar-refractivity contribution >= 4 is 31.8 Å². The number of phosphoric ester groups is 1. The number of anilines is 2. The summed E-state index contributed by atoms with van der Waals surface area (Å²) in [6.45, 7) is 4.17. The van der Waals surface area contributed by atoms with E-state index in [1.165, 1.54) is 6.42 Å². The molecule has 0 bridgehead atoms. The predicted octanol–water partition coefficient (Wildman–Crippen LogP) is 2.82. The van der Waals surface area contributed by atoms with E-state index in [4.69, 9.17) is 19.3 Å². The smallest absolute Gasteiger partial charge is 0.365 e. The Kier molecular flexibility index (Phi) is 7.31. The van der Waals surface area contributed by atoms with Gasteiger partial charge in [0, 0.05) is 37.4 Å². The molecule has 2 aliphatic carbocycles. The lowest BCUT2D eigenvalue weighted by Crippen LogP contribution is -2.39. The zero-order chi connectivity index (χ0) is 26.2. The van der Waals surface area contributed by atoms with Crippen molar-refractivity contribution in [2.24, 2.45) is 11.8 Å². The molecule has 3 aliphatic rings. The number of carbonyl (C=O) groups excluding carboxylic acids is 2. The predicted molar refractivity (Wildman–Crippen MR) is 136 cm³/mol. The Hall–Kier alpha value is -2.85. The Bertz CT molecular complexity index is 1220. The highest BCUT2D eigenvalue weighted by Crippen LogP contribution is 2.45. The number of aromatic nitrogens is 2. The number of amides is 1. The summed E-state index contributed by atoms with van der Waals surface area (Å²) >= 11 is 0. The SMILES string of the molecule is Cc1cc(CNc2nc(N3CC4CC4C3)ncc2C(=O)N[C@H]2CC[C@H](OP(=O)(O)O)CC2)ccc1C=O. The van der Waals surface area contributed by atoms with Crippen molar-refractivity contribution in [1.29, 1.82) is 0 Å². The number of piperidine rings is 1. The summed E-state index contributed by atoms with van der Waals surface area (Å²) in [4.78, 5) is 53.8. The Morgan fingerprint density at radius 3 is 2.59 bits per heavy atom. The highest BCUT2D eigenvalue weighted by molar-refractivity contribution is 7.46. The lowest BCUT2D eigenvalue weighted by atomic mass is 9.93. The van der Waals surface area contributed by atoms with E-state index in [1.54, 1.807) is 12.3 Å². The van der Waals surface area contributed by atoms with Crippen LogP contribution in [0.3, 0.4) is 0 Å². The van der Waals surface area contributed by atoms with E-state index in [2.05, 4.69) is 20.5 Å². The maximum absolute atomic E-state index is 13.2. The number of nitrogens with one attached hydrogen (secondary N) is 2. The van der Waals surface area contributed by atoms with Crippen molar-refractivity contribution in [3.05, 3.63) is 46.6 Å². The Labute approximate surface area is 215 Å². The van der Waals surface area contributed by atoms with Gasteiger partial charge < -0.3 is 25.3 Å². The van der Waals surface area contributed by atoms with Crippen LogP contribution in [0.25, 0.3) is 0 Å². The first-order valence-electron chi connectivity index (χ1n) is 12.6. The quantitative estimate of drug-likeness (QED) is 0.282. The van der Waals surface area contributed by atoms with Crippen LogP contribution in [0.5, 0.6) is 0 Å². The molecule has 198 valence electrons. The van der Waals surface area contributed by atoms with Crippen LogP contribution in [0, 0.1) is 18.8 Å². The minimum absolute atomic E-state index is 0.138. The molecule has 3 fully saturated rings. The normalized spacial score (nSPS) is 24.9. The zero-order valence-corrected chi connectivity index (χ0v) is 21.6. The minimum Gasteiger partial charge on any atom is -0.365 e. The van der Waals surface area contributed by atoms with Crippen molar-refractivity contribution < 1.29 is 28.5 Å². The number of carbonyl (C=O) groups is 2. The third-order valence-electron chi connectivity index (χ3n) is 7.50. The fourth-order valence-corrected chi connectivity index (χ4v) is 5.92. The molecule has 0 spiro atoms.